The predicted molar refractivity (Wildman–Crippen MR) is 140 cm³/mol. The molecule has 2 fully saturated rings. The topological polar surface area (TPSA) is 128 Å². The molecule has 4 N–H and O–H groups in total. The van der Waals surface area contributed by atoms with Crippen LogP contribution in [0.2, 0.25) is 5.02 Å². The van der Waals surface area contributed by atoms with Gasteiger partial charge in [-0.2, -0.15) is 0 Å². The first-order chi connectivity index (χ1) is 18.0. The van der Waals surface area contributed by atoms with Gasteiger partial charge in [0.05, 0.1) is 40.4 Å². The fourth-order valence-corrected chi connectivity index (χ4v) is 4.29. The molecule has 2 heterocycles. The smallest absolute Gasteiger partial charge is 0.319 e. The van der Waals surface area contributed by atoms with E-state index in [1.54, 1.807) is 42.6 Å². The minimum atomic E-state index is -0.624. The Hall–Kier alpha value is -3.60. The Kier molecular flexibility index (Phi) is 7.59. The van der Waals surface area contributed by atoms with Gasteiger partial charge >= 0.3 is 6.03 Å². The van der Waals surface area contributed by atoms with Gasteiger partial charge in [0.1, 0.15) is 23.9 Å². The molecule has 1 saturated heterocycles. The molecule has 1 aliphatic carbocycles. The number of hydrogen-bond donors (Lipinski definition) is 3. The highest BCUT2D eigenvalue weighted by Gasteiger charge is 2.23. The van der Waals surface area contributed by atoms with E-state index in [1.807, 2.05) is 0 Å². The molecule has 11 heteroatoms. The van der Waals surface area contributed by atoms with E-state index in [4.69, 9.17) is 31.5 Å². The maximum atomic E-state index is 12.4. The molecule has 1 aromatic heterocycles. The number of carbonyl (C=O) groups excluding carboxylic acids is 2. The van der Waals surface area contributed by atoms with Crippen molar-refractivity contribution in [3.05, 3.63) is 53.2 Å². The van der Waals surface area contributed by atoms with Crippen molar-refractivity contribution in [1.82, 2.24) is 15.2 Å². The number of benzene rings is 2. The summed E-state index contributed by atoms with van der Waals surface area (Å²) in [7, 11) is 0. The number of halogens is 1. The summed E-state index contributed by atoms with van der Waals surface area (Å²) in [5.41, 5.74) is 6.93. The summed E-state index contributed by atoms with van der Waals surface area (Å²) >= 11 is 6.38. The van der Waals surface area contributed by atoms with Gasteiger partial charge in [-0.3, -0.25) is 14.7 Å². The summed E-state index contributed by atoms with van der Waals surface area (Å²) in [6, 6.07) is 9.87. The van der Waals surface area contributed by atoms with Crippen LogP contribution >= 0.6 is 11.6 Å². The number of nitrogens with one attached hydrogen (secondary N) is 2. The number of carbonyl (C=O) groups is 2. The monoisotopic (exact) mass is 525 g/mol. The molecule has 10 nitrogen and oxygen atoms in total. The van der Waals surface area contributed by atoms with Gasteiger partial charge in [-0.15, -0.1) is 0 Å². The summed E-state index contributed by atoms with van der Waals surface area (Å²) in [6.45, 7) is 4.37. The minimum Gasteiger partial charge on any atom is -0.492 e. The van der Waals surface area contributed by atoms with Crippen LogP contribution in [0.3, 0.4) is 0 Å². The average molecular weight is 526 g/mol. The number of urea groups is 1. The van der Waals surface area contributed by atoms with Crippen LogP contribution in [-0.4, -0.2) is 67.3 Å². The fraction of sp³-hybridized carbons (Fsp3) is 0.346. The SMILES string of the molecule is NC(=O)c1cc(OCCN2CCOCC2)cc2nccc(Oc3ccc(NC(=O)NC4CC4)c(Cl)c3)c12. The van der Waals surface area contributed by atoms with Crippen LogP contribution in [0.4, 0.5) is 10.5 Å². The van der Waals surface area contributed by atoms with E-state index in [2.05, 4.69) is 20.5 Å². The Labute approximate surface area is 219 Å². The van der Waals surface area contributed by atoms with Crippen molar-refractivity contribution in [1.29, 1.82) is 0 Å². The molecule has 3 aromatic rings. The van der Waals surface area contributed by atoms with Crippen LogP contribution in [0, 0.1) is 0 Å². The van der Waals surface area contributed by atoms with Crippen molar-refractivity contribution in [2.75, 3.05) is 44.8 Å². The lowest BCUT2D eigenvalue weighted by molar-refractivity contribution is 0.0322. The first-order valence-electron chi connectivity index (χ1n) is 12.2. The number of pyridine rings is 1. The molecule has 0 bridgehead atoms. The largest absolute Gasteiger partial charge is 0.492 e. The molecular formula is C26H28ClN5O5. The standard InChI is InChI=1S/C26H28ClN5O5/c27-20-14-17(3-4-21(20)31-26(34)30-16-1-2-16)37-23-5-6-29-22-15-18(13-19(24(22)23)25(28)33)36-12-9-32-7-10-35-11-8-32/h3-6,13-16H,1-2,7-12H2,(H2,28,33)(H2,30,31,34). The molecule has 2 aromatic carbocycles. The van der Waals surface area contributed by atoms with Gasteiger partial charge < -0.3 is 30.6 Å². The number of morpholine rings is 1. The van der Waals surface area contributed by atoms with E-state index in [0.717, 1.165) is 32.5 Å². The van der Waals surface area contributed by atoms with Gasteiger partial charge in [-0.05, 0) is 37.1 Å². The highest BCUT2D eigenvalue weighted by atomic mass is 35.5. The van der Waals surface area contributed by atoms with E-state index < -0.39 is 5.91 Å². The Bertz CT molecular complexity index is 1310. The van der Waals surface area contributed by atoms with Crippen molar-refractivity contribution in [3.63, 3.8) is 0 Å². The number of amides is 3. The molecule has 0 atom stereocenters. The Morgan fingerprint density at radius 2 is 1.95 bits per heavy atom. The molecule has 2 aliphatic rings. The molecule has 5 rings (SSSR count). The van der Waals surface area contributed by atoms with E-state index >= 15 is 0 Å². The van der Waals surface area contributed by atoms with Gasteiger partial charge in [0.25, 0.3) is 0 Å². The third-order valence-electron chi connectivity index (χ3n) is 6.15. The van der Waals surface area contributed by atoms with Crippen molar-refractivity contribution in [2.45, 2.75) is 18.9 Å². The number of hydrogen-bond acceptors (Lipinski definition) is 7. The predicted octanol–water partition coefficient (Wildman–Crippen LogP) is 3.77. The number of anilines is 1. The zero-order valence-corrected chi connectivity index (χ0v) is 20.9. The first kappa shape index (κ1) is 25.1. The highest BCUT2D eigenvalue weighted by Crippen LogP contribution is 2.36. The zero-order chi connectivity index (χ0) is 25.8. The normalized spacial score (nSPS) is 15.8. The fourth-order valence-electron chi connectivity index (χ4n) is 4.07. The second-order valence-corrected chi connectivity index (χ2v) is 9.36. The third kappa shape index (κ3) is 6.40. The summed E-state index contributed by atoms with van der Waals surface area (Å²) in [5, 5.41) is 6.37. The van der Waals surface area contributed by atoms with Gasteiger partial charge in [0.15, 0.2) is 0 Å². The van der Waals surface area contributed by atoms with Crippen LogP contribution in [-0.2, 0) is 4.74 Å². The van der Waals surface area contributed by atoms with Crippen molar-refractivity contribution >= 4 is 40.1 Å². The Morgan fingerprint density at radius 1 is 1.14 bits per heavy atom. The molecule has 0 unspecified atom stereocenters. The molecule has 0 spiro atoms. The summed E-state index contributed by atoms with van der Waals surface area (Å²) in [4.78, 5) is 31.1. The minimum absolute atomic E-state index is 0.233. The molecule has 0 radical (unpaired) electrons. The molecular weight excluding hydrogens is 498 g/mol. The van der Waals surface area contributed by atoms with E-state index in [-0.39, 0.29) is 17.6 Å². The lowest BCUT2D eigenvalue weighted by atomic mass is 10.1. The maximum absolute atomic E-state index is 12.4. The Balaban J connectivity index is 1.33. The lowest BCUT2D eigenvalue weighted by Gasteiger charge is -2.26. The maximum Gasteiger partial charge on any atom is 0.319 e. The van der Waals surface area contributed by atoms with Crippen molar-refractivity contribution in [3.8, 4) is 17.2 Å². The number of aromatic nitrogens is 1. The Morgan fingerprint density at radius 3 is 2.68 bits per heavy atom. The quantitative estimate of drug-likeness (QED) is 0.388. The molecule has 194 valence electrons. The van der Waals surface area contributed by atoms with E-state index in [1.165, 1.54) is 0 Å². The first-order valence-corrected chi connectivity index (χ1v) is 12.5. The molecule has 1 aliphatic heterocycles. The number of primary amides is 1. The van der Waals surface area contributed by atoms with Gasteiger partial charge in [-0.1, -0.05) is 11.6 Å². The van der Waals surface area contributed by atoms with Gasteiger partial charge in [-0.25, -0.2) is 4.79 Å². The number of ether oxygens (including phenoxy) is 3. The second-order valence-electron chi connectivity index (χ2n) is 8.96. The number of nitrogens with two attached hydrogens (primary N) is 1. The average Bonchev–Trinajstić information content (AvgIpc) is 3.70. The van der Waals surface area contributed by atoms with Crippen LogP contribution < -0.4 is 25.8 Å². The van der Waals surface area contributed by atoms with Gasteiger partial charge in [0.2, 0.25) is 5.91 Å². The van der Waals surface area contributed by atoms with Crippen LogP contribution in [0.1, 0.15) is 23.2 Å². The molecule has 1 saturated carbocycles. The summed E-state index contributed by atoms with van der Waals surface area (Å²) < 4.78 is 17.4. The highest BCUT2D eigenvalue weighted by molar-refractivity contribution is 6.33. The van der Waals surface area contributed by atoms with Crippen LogP contribution in [0.25, 0.3) is 10.9 Å². The summed E-state index contributed by atoms with van der Waals surface area (Å²) in [6.07, 6.45) is 3.56. The number of nitrogens with zero attached hydrogens (tertiary/aromatic N) is 2. The van der Waals surface area contributed by atoms with Crippen LogP contribution in [0.5, 0.6) is 17.2 Å². The summed E-state index contributed by atoms with van der Waals surface area (Å²) in [5.74, 6) is 0.691. The lowest BCUT2D eigenvalue weighted by Crippen LogP contribution is -2.38. The number of fused-ring (bicyclic) bond motifs is 1. The zero-order valence-electron chi connectivity index (χ0n) is 20.2. The van der Waals surface area contributed by atoms with Crippen LogP contribution in [0.15, 0.2) is 42.6 Å². The molecule has 37 heavy (non-hydrogen) atoms. The van der Waals surface area contributed by atoms with Crippen molar-refractivity contribution < 1.29 is 23.8 Å². The van der Waals surface area contributed by atoms with Crippen molar-refractivity contribution in [2.24, 2.45) is 5.73 Å². The van der Waals surface area contributed by atoms with Gasteiger partial charge in [0, 0.05) is 44.0 Å². The molecule has 3 amide bonds. The van der Waals surface area contributed by atoms with E-state index in [9.17, 15) is 9.59 Å². The second kappa shape index (κ2) is 11.2. The number of rotatable bonds is 9. The third-order valence-corrected chi connectivity index (χ3v) is 6.46. The van der Waals surface area contributed by atoms with E-state index in [0.29, 0.717) is 58.7 Å².